The molecule has 3 rings (SSSR count). The predicted molar refractivity (Wildman–Crippen MR) is 121 cm³/mol. The number of aryl methyl sites for hydroxylation is 1. The first-order valence-corrected chi connectivity index (χ1v) is 11.4. The van der Waals surface area contributed by atoms with Gasteiger partial charge in [0, 0.05) is 17.8 Å². The molecule has 1 atom stereocenters. The second kappa shape index (κ2) is 10.3. The number of nitro benzene ring substituents is 1. The van der Waals surface area contributed by atoms with Crippen LogP contribution in [0.1, 0.15) is 28.6 Å². The summed E-state index contributed by atoms with van der Waals surface area (Å²) in [5.74, 6) is -1.20. The lowest BCUT2D eigenvalue weighted by molar-refractivity contribution is -0.384. The predicted octanol–water partition coefficient (Wildman–Crippen LogP) is 3.16. The number of non-ortho nitro benzene ring substituents is 1. The number of benzene rings is 2. The van der Waals surface area contributed by atoms with E-state index in [1.807, 2.05) is 0 Å². The van der Waals surface area contributed by atoms with Gasteiger partial charge in [0.15, 0.2) is 6.10 Å². The van der Waals surface area contributed by atoms with Gasteiger partial charge in [0.1, 0.15) is 5.76 Å². The van der Waals surface area contributed by atoms with E-state index in [4.69, 9.17) is 9.15 Å². The molecule has 0 aliphatic heterocycles. The molecule has 11 nitrogen and oxygen atoms in total. The van der Waals surface area contributed by atoms with Crippen molar-refractivity contribution in [1.29, 1.82) is 0 Å². The molecule has 1 heterocycles. The molecule has 34 heavy (non-hydrogen) atoms. The molecule has 0 aliphatic carbocycles. The van der Waals surface area contributed by atoms with Crippen molar-refractivity contribution in [3.8, 4) is 0 Å². The summed E-state index contributed by atoms with van der Waals surface area (Å²) in [6.07, 6.45) is 0.156. The molecule has 0 fully saturated rings. The third kappa shape index (κ3) is 6.05. The van der Waals surface area contributed by atoms with E-state index in [1.54, 1.807) is 19.1 Å². The lowest BCUT2D eigenvalue weighted by Crippen LogP contribution is -2.30. The molecule has 3 aromatic rings. The normalized spacial score (nSPS) is 12.1. The van der Waals surface area contributed by atoms with Gasteiger partial charge in [-0.15, -0.1) is 0 Å². The monoisotopic (exact) mass is 487 g/mol. The van der Waals surface area contributed by atoms with Crippen molar-refractivity contribution < 1.29 is 32.1 Å². The van der Waals surface area contributed by atoms with Crippen molar-refractivity contribution in [3.05, 3.63) is 87.9 Å². The average molecular weight is 487 g/mol. The number of esters is 1. The Hall–Kier alpha value is -4.03. The summed E-state index contributed by atoms with van der Waals surface area (Å²) in [6.45, 7) is 2.85. The lowest BCUT2D eigenvalue weighted by Gasteiger charge is -2.15. The molecule has 0 aliphatic rings. The van der Waals surface area contributed by atoms with Crippen LogP contribution in [0.15, 0.2) is 70.2 Å². The molecule has 1 amide bonds. The van der Waals surface area contributed by atoms with Crippen LogP contribution in [0.4, 0.5) is 11.4 Å². The number of carbonyl (C=O) groups is 2. The van der Waals surface area contributed by atoms with Crippen LogP contribution < -0.4 is 10.0 Å². The molecular formula is C22H21N3O8S. The fourth-order valence-corrected chi connectivity index (χ4v) is 3.89. The van der Waals surface area contributed by atoms with Crippen LogP contribution in [0.5, 0.6) is 0 Å². The van der Waals surface area contributed by atoms with Crippen LogP contribution in [0.25, 0.3) is 0 Å². The van der Waals surface area contributed by atoms with Gasteiger partial charge >= 0.3 is 5.97 Å². The summed E-state index contributed by atoms with van der Waals surface area (Å²) < 4.78 is 37.9. The van der Waals surface area contributed by atoms with Gasteiger partial charge in [0.05, 0.1) is 28.2 Å². The summed E-state index contributed by atoms with van der Waals surface area (Å²) in [7, 11) is -3.96. The van der Waals surface area contributed by atoms with E-state index in [9.17, 15) is 28.1 Å². The minimum Gasteiger partial charge on any atom is -0.468 e. The van der Waals surface area contributed by atoms with Crippen LogP contribution in [0.3, 0.4) is 0 Å². The maximum absolute atomic E-state index is 12.7. The van der Waals surface area contributed by atoms with E-state index in [-0.39, 0.29) is 28.4 Å². The summed E-state index contributed by atoms with van der Waals surface area (Å²) in [4.78, 5) is 35.2. The number of hydrogen-bond acceptors (Lipinski definition) is 8. The van der Waals surface area contributed by atoms with Crippen LogP contribution in [0.2, 0.25) is 0 Å². The molecule has 0 spiro atoms. The van der Waals surface area contributed by atoms with Crippen molar-refractivity contribution >= 4 is 33.3 Å². The standard InChI is InChI=1S/C22H21N3O8S/c1-14-8-9-19(34(30,31)23-13-18-7-4-10-32-18)12-20(14)22(27)33-15(2)21(26)24-16-5-3-6-17(11-16)25(28)29/h3-12,15,23H,13H2,1-2H3,(H,24,26). The second-order valence-corrected chi connectivity index (χ2v) is 8.99. The molecule has 2 N–H and O–H groups in total. The van der Waals surface area contributed by atoms with E-state index in [2.05, 4.69) is 10.0 Å². The van der Waals surface area contributed by atoms with Gasteiger partial charge in [-0.05, 0) is 49.7 Å². The number of nitrogens with zero attached hydrogens (tertiary/aromatic N) is 1. The SMILES string of the molecule is Cc1ccc(S(=O)(=O)NCc2ccco2)cc1C(=O)OC(C)C(=O)Nc1cccc([N+](=O)[O-])c1. The van der Waals surface area contributed by atoms with Crippen molar-refractivity contribution in [2.75, 3.05) is 5.32 Å². The van der Waals surface area contributed by atoms with Crippen molar-refractivity contribution in [1.82, 2.24) is 4.72 Å². The second-order valence-electron chi connectivity index (χ2n) is 7.22. The van der Waals surface area contributed by atoms with Crippen molar-refractivity contribution in [2.45, 2.75) is 31.4 Å². The zero-order chi connectivity index (χ0) is 24.9. The van der Waals surface area contributed by atoms with Crippen molar-refractivity contribution in [2.24, 2.45) is 0 Å². The highest BCUT2D eigenvalue weighted by molar-refractivity contribution is 7.89. The van der Waals surface area contributed by atoms with Gasteiger partial charge in [-0.2, -0.15) is 0 Å². The Morgan fingerprint density at radius 3 is 2.59 bits per heavy atom. The highest BCUT2D eigenvalue weighted by atomic mass is 32.2. The highest BCUT2D eigenvalue weighted by Crippen LogP contribution is 2.20. The lowest BCUT2D eigenvalue weighted by atomic mass is 10.1. The smallest absolute Gasteiger partial charge is 0.339 e. The van der Waals surface area contributed by atoms with Gasteiger partial charge in [-0.1, -0.05) is 12.1 Å². The number of anilines is 1. The van der Waals surface area contributed by atoms with E-state index in [1.165, 1.54) is 49.6 Å². The molecule has 12 heteroatoms. The minimum absolute atomic E-state index is 0.0316. The Morgan fingerprint density at radius 2 is 1.91 bits per heavy atom. The maximum atomic E-state index is 12.7. The molecule has 2 aromatic carbocycles. The van der Waals surface area contributed by atoms with Gasteiger partial charge in [0.25, 0.3) is 11.6 Å². The molecule has 0 saturated carbocycles. The van der Waals surface area contributed by atoms with Gasteiger partial charge in [-0.3, -0.25) is 14.9 Å². The summed E-state index contributed by atoms with van der Waals surface area (Å²) in [6, 6.07) is 12.5. The Balaban J connectivity index is 1.69. The topological polar surface area (TPSA) is 158 Å². The van der Waals surface area contributed by atoms with Crippen LogP contribution in [-0.4, -0.2) is 31.3 Å². The van der Waals surface area contributed by atoms with E-state index in [0.29, 0.717) is 11.3 Å². The number of rotatable bonds is 9. The van der Waals surface area contributed by atoms with Crippen molar-refractivity contribution in [3.63, 3.8) is 0 Å². The number of furan rings is 1. The third-order valence-corrected chi connectivity index (χ3v) is 6.13. The van der Waals surface area contributed by atoms with Gasteiger partial charge < -0.3 is 14.5 Å². The molecule has 1 aromatic heterocycles. The zero-order valence-electron chi connectivity index (χ0n) is 18.2. The number of amides is 1. The Labute approximate surface area is 194 Å². The Bertz CT molecular complexity index is 1320. The average Bonchev–Trinajstić information content (AvgIpc) is 3.32. The van der Waals surface area contributed by atoms with Crippen LogP contribution >= 0.6 is 0 Å². The first-order chi connectivity index (χ1) is 16.1. The van der Waals surface area contributed by atoms with E-state index >= 15 is 0 Å². The fourth-order valence-electron chi connectivity index (χ4n) is 2.87. The quantitative estimate of drug-likeness (QED) is 0.265. The fraction of sp³-hybridized carbons (Fsp3) is 0.182. The number of hydrogen-bond donors (Lipinski definition) is 2. The molecule has 178 valence electrons. The molecule has 1 unspecified atom stereocenters. The van der Waals surface area contributed by atoms with Gasteiger partial charge in [-0.25, -0.2) is 17.9 Å². The summed E-state index contributed by atoms with van der Waals surface area (Å²) >= 11 is 0. The maximum Gasteiger partial charge on any atom is 0.339 e. The Kier molecular flexibility index (Phi) is 7.44. The summed E-state index contributed by atoms with van der Waals surface area (Å²) in [5.41, 5.74) is 0.364. The summed E-state index contributed by atoms with van der Waals surface area (Å²) in [5, 5.41) is 13.3. The largest absolute Gasteiger partial charge is 0.468 e. The number of nitrogens with one attached hydrogen (secondary N) is 2. The molecular weight excluding hydrogens is 466 g/mol. The first kappa shape index (κ1) is 24.6. The minimum atomic E-state index is -3.96. The first-order valence-electron chi connectivity index (χ1n) is 9.96. The molecule has 0 saturated heterocycles. The number of nitro groups is 1. The zero-order valence-corrected chi connectivity index (χ0v) is 19.0. The third-order valence-electron chi connectivity index (χ3n) is 4.73. The van der Waals surface area contributed by atoms with E-state index < -0.39 is 32.9 Å². The van der Waals surface area contributed by atoms with Gasteiger partial charge in [0.2, 0.25) is 10.0 Å². The Morgan fingerprint density at radius 1 is 1.15 bits per heavy atom. The highest BCUT2D eigenvalue weighted by Gasteiger charge is 2.23. The van der Waals surface area contributed by atoms with E-state index in [0.717, 1.165) is 6.07 Å². The van der Waals surface area contributed by atoms with Crippen LogP contribution in [0, 0.1) is 17.0 Å². The molecule has 0 radical (unpaired) electrons. The number of sulfonamides is 1. The number of carbonyl (C=O) groups excluding carboxylic acids is 2. The molecule has 0 bridgehead atoms. The van der Waals surface area contributed by atoms with Crippen LogP contribution in [-0.2, 0) is 26.1 Å². The number of ether oxygens (including phenoxy) is 1.